The molecule has 0 aliphatic carbocycles. The van der Waals surface area contributed by atoms with Gasteiger partial charge in [0, 0.05) is 22.4 Å². The molecule has 0 amide bonds. The fourth-order valence-electron chi connectivity index (χ4n) is 3.00. The van der Waals surface area contributed by atoms with E-state index in [0.29, 0.717) is 12.4 Å². The Hall–Kier alpha value is -1.54. The first-order valence-electron chi connectivity index (χ1n) is 8.60. The van der Waals surface area contributed by atoms with Crippen LogP contribution >= 0.6 is 27.3 Å². The molecule has 1 aliphatic rings. The predicted molar refractivity (Wildman–Crippen MR) is 107 cm³/mol. The first-order valence-corrected chi connectivity index (χ1v) is 10.2. The summed E-state index contributed by atoms with van der Waals surface area (Å²) in [5.41, 5.74) is 1.19. The van der Waals surface area contributed by atoms with E-state index in [1.54, 1.807) is 11.3 Å². The molecule has 1 aliphatic heterocycles. The van der Waals surface area contributed by atoms with Crippen LogP contribution in [0.15, 0.2) is 28.7 Å². The van der Waals surface area contributed by atoms with E-state index in [-0.39, 0.29) is 0 Å². The third-order valence-corrected chi connectivity index (χ3v) is 6.12. The number of rotatable bonds is 4. The van der Waals surface area contributed by atoms with Crippen LogP contribution in [-0.4, -0.2) is 41.2 Å². The number of hydrogen-bond acceptors (Lipinski definition) is 6. The van der Waals surface area contributed by atoms with Gasteiger partial charge >= 0.3 is 0 Å². The van der Waals surface area contributed by atoms with Crippen molar-refractivity contribution in [2.24, 2.45) is 0 Å². The number of ether oxygens (including phenoxy) is 2. The van der Waals surface area contributed by atoms with Gasteiger partial charge in [-0.15, -0.1) is 11.3 Å². The largest absolute Gasteiger partial charge is 0.438 e. The molecule has 3 heterocycles. The van der Waals surface area contributed by atoms with Crippen LogP contribution in [0.1, 0.15) is 16.3 Å². The summed E-state index contributed by atoms with van der Waals surface area (Å²) >= 11 is 5.19. The highest BCUT2D eigenvalue weighted by molar-refractivity contribution is 9.10. The molecule has 1 fully saturated rings. The van der Waals surface area contributed by atoms with Gasteiger partial charge in [-0.3, -0.25) is 4.90 Å². The third-order valence-electron chi connectivity index (χ3n) is 4.52. The quantitative estimate of drug-likeness (QED) is 0.596. The van der Waals surface area contributed by atoms with Crippen molar-refractivity contribution in [2.75, 3.05) is 26.3 Å². The summed E-state index contributed by atoms with van der Waals surface area (Å²) in [5.74, 6) is 2.20. The van der Waals surface area contributed by atoms with E-state index in [4.69, 9.17) is 19.4 Å². The molecule has 26 heavy (non-hydrogen) atoms. The van der Waals surface area contributed by atoms with Gasteiger partial charge in [0.1, 0.15) is 16.4 Å². The third kappa shape index (κ3) is 3.76. The van der Waals surface area contributed by atoms with Crippen LogP contribution in [0.3, 0.4) is 0 Å². The molecule has 0 saturated carbocycles. The molecule has 1 aromatic carbocycles. The van der Waals surface area contributed by atoms with Gasteiger partial charge in [0.2, 0.25) is 5.88 Å². The Morgan fingerprint density at radius 2 is 2.04 bits per heavy atom. The van der Waals surface area contributed by atoms with Gasteiger partial charge in [-0.1, -0.05) is 22.0 Å². The maximum Gasteiger partial charge on any atom is 0.231 e. The lowest BCUT2D eigenvalue weighted by molar-refractivity contribution is 0.0330. The lowest BCUT2D eigenvalue weighted by Gasteiger charge is -2.25. The van der Waals surface area contributed by atoms with Crippen LogP contribution in [0, 0.1) is 13.8 Å². The summed E-state index contributed by atoms with van der Waals surface area (Å²) in [7, 11) is 0. The number of nitrogens with zero attached hydrogens (tertiary/aromatic N) is 3. The molecule has 0 bridgehead atoms. The smallest absolute Gasteiger partial charge is 0.231 e. The highest BCUT2D eigenvalue weighted by atomic mass is 79.9. The molecule has 5 nitrogen and oxygen atoms in total. The Bertz CT molecular complexity index is 938. The minimum atomic E-state index is 0.637. The fraction of sp³-hybridized carbons (Fsp3) is 0.368. The highest BCUT2D eigenvalue weighted by Gasteiger charge is 2.19. The second-order valence-corrected chi connectivity index (χ2v) is 8.48. The molecule has 3 aromatic rings. The van der Waals surface area contributed by atoms with E-state index in [9.17, 15) is 0 Å². The topological polar surface area (TPSA) is 47.5 Å². The van der Waals surface area contributed by atoms with Crippen molar-refractivity contribution in [3.8, 4) is 11.6 Å². The zero-order chi connectivity index (χ0) is 18.1. The molecule has 136 valence electrons. The van der Waals surface area contributed by atoms with E-state index in [2.05, 4.69) is 34.7 Å². The van der Waals surface area contributed by atoms with Gasteiger partial charge in [0.15, 0.2) is 0 Å². The summed E-state index contributed by atoms with van der Waals surface area (Å²) in [6.45, 7) is 8.28. The van der Waals surface area contributed by atoms with E-state index >= 15 is 0 Å². The second-order valence-electron chi connectivity index (χ2n) is 6.36. The number of thiophene rings is 1. The van der Waals surface area contributed by atoms with Crippen LogP contribution in [0.25, 0.3) is 10.2 Å². The molecule has 0 unspecified atom stereocenters. The molecule has 0 spiro atoms. The zero-order valence-electron chi connectivity index (χ0n) is 14.8. The lowest BCUT2D eigenvalue weighted by atomic mass is 10.2. The minimum absolute atomic E-state index is 0.637. The summed E-state index contributed by atoms with van der Waals surface area (Å²) in [5, 5.41) is 1.01. The van der Waals surface area contributed by atoms with E-state index in [0.717, 1.165) is 52.6 Å². The summed E-state index contributed by atoms with van der Waals surface area (Å²) in [6, 6.07) is 7.82. The molecule has 0 atom stereocenters. The van der Waals surface area contributed by atoms with Gasteiger partial charge in [-0.25, -0.2) is 4.98 Å². The number of hydrogen-bond donors (Lipinski definition) is 0. The van der Waals surface area contributed by atoms with Crippen molar-refractivity contribution in [2.45, 2.75) is 20.4 Å². The van der Waals surface area contributed by atoms with Gasteiger partial charge in [-0.05, 0) is 37.6 Å². The molecule has 0 radical (unpaired) electrons. The Labute approximate surface area is 165 Å². The van der Waals surface area contributed by atoms with Crippen LogP contribution in [0.2, 0.25) is 0 Å². The Morgan fingerprint density at radius 1 is 1.23 bits per heavy atom. The number of halogens is 1. The zero-order valence-corrected chi connectivity index (χ0v) is 17.2. The first kappa shape index (κ1) is 17.9. The van der Waals surface area contributed by atoms with E-state index in [1.165, 1.54) is 10.4 Å². The number of aryl methyl sites for hydroxylation is 2. The lowest BCUT2D eigenvalue weighted by Crippen LogP contribution is -2.36. The van der Waals surface area contributed by atoms with E-state index in [1.807, 2.05) is 24.3 Å². The molecule has 1 saturated heterocycles. The van der Waals surface area contributed by atoms with Gasteiger partial charge in [0.05, 0.1) is 25.1 Å². The monoisotopic (exact) mass is 433 g/mol. The maximum atomic E-state index is 6.18. The fourth-order valence-corrected chi connectivity index (χ4v) is 4.42. The van der Waals surface area contributed by atoms with Gasteiger partial charge in [0.25, 0.3) is 0 Å². The van der Waals surface area contributed by atoms with Gasteiger partial charge in [-0.2, -0.15) is 4.98 Å². The average Bonchev–Trinajstić information content (AvgIpc) is 2.90. The number of aromatic nitrogens is 2. The maximum absolute atomic E-state index is 6.18. The Kier molecular flexibility index (Phi) is 5.22. The van der Waals surface area contributed by atoms with Crippen molar-refractivity contribution >= 4 is 37.5 Å². The number of fused-ring (bicyclic) bond motifs is 1. The van der Waals surface area contributed by atoms with Crippen molar-refractivity contribution in [3.05, 3.63) is 45.0 Å². The van der Waals surface area contributed by atoms with Crippen molar-refractivity contribution in [1.29, 1.82) is 0 Å². The van der Waals surface area contributed by atoms with Crippen LogP contribution in [0.4, 0.5) is 0 Å². The van der Waals surface area contributed by atoms with E-state index < -0.39 is 0 Å². The van der Waals surface area contributed by atoms with Crippen LogP contribution < -0.4 is 4.74 Å². The van der Waals surface area contributed by atoms with Crippen LogP contribution in [0.5, 0.6) is 11.6 Å². The molecule has 7 heteroatoms. The average molecular weight is 434 g/mol. The van der Waals surface area contributed by atoms with Crippen molar-refractivity contribution in [3.63, 3.8) is 0 Å². The first-order chi connectivity index (χ1) is 12.6. The summed E-state index contributed by atoms with van der Waals surface area (Å²) < 4.78 is 12.6. The number of morpholine rings is 1. The van der Waals surface area contributed by atoms with Crippen molar-refractivity contribution in [1.82, 2.24) is 14.9 Å². The summed E-state index contributed by atoms with van der Waals surface area (Å²) in [6.07, 6.45) is 0. The molecule has 2 aromatic heterocycles. The molecule has 0 N–H and O–H groups in total. The SMILES string of the molecule is Cc1sc2nc(CN3CCOCC3)nc(Oc3cccc(Br)c3)c2c1C. The Balaban J connectivity index is 1.72. The minimum Gasteiger partial charge on any atom is -0.438 e. The molecular formula is C19H20BrN3O2S. The Morgan fingerprint density at radius 3 is 2.81 bits per heavy atom. The highest BCUT2D eigenvalue weighted by Crippen LogP contribution is 2.37. The number of benzene rings is 1. The van der Waals surface area contributed by atoms with Gasteiger partial charge < -0.3 is 9.47 Å². The van der Waals surface area contributed by atoms with Crippen molar-refractivity contribution < 1.29 is 9.47 Å². The molecular weight excluding hydrogens is 414 g/mol. The standard InChI is InChI=1S/C19H20BrN3O2S/c1-12-13(2)26-19-17(12)18(25-15-5-3-4-14(20)10-15)21-16(22-19)11-23-6-8-24-9-7-23/h3-5,10H,6-9,11H2,1-2H3. The second kappa shape index (κ2) is 7.60. The molecule has 4 rings (SSSR count). The predicted octanol–water partition coefficient (Wildman–Crippen LogP) is 4.70. The summed E-state index contributed by atoms with van der Waals surface area (Å²) in [4.78, 5) is 14.1. The van der Waals surface area contributed by atoms with Crippen LogP contribution in [-0.2, 0) is 11.3 Å². The normalized spacial score (nSPS) is 15.5.